The van der Waals surface area contributed by atoms with Gasteiger partial charge in [0.05, 0.1) is 16.2 Å². The third-order valence-corrected chi connectivity index (χ3v) is 2.50. The lowest BCUT2D eigenvalue weighted by atomic mass is 10.3. The molecule has 0 aliphatic carbocycles. The Morgan fingerprint density at radius 3 is 2.47 bits per heavy atom. The standard InChI is InChI=1S/C8H4ClF3INO3/c1-16-7-4(13)2-3(5(9)15)6(14-7)17-8(10,11)12/h2H,1H3. The van der Waals surface area contributed by atoms with Crippen molar-refractivity contribution in [1.82, 2.24) is 4.98 Å². The highest BCUT2D eigenvalue weighted by Gasteiger charge is 2.34. The largest absolute Gasteiger partial charge is 0.574 e. The van der Waals surface area contributed by atoms with Crippen molar-refractivity contribution in [3.8, 4) is 11.8 Å². The van der Waals surface area contributed by atoms with E-state index in [0.717, 1.165) is 6.07 Å². The van der Waals surface area contributed by atoms with Crippen LogP contribution in [0.25, 0.3) is 0 Å². The minimum Gasteiger partial charge on any atom is -0.480 e. The van der Waals surface area contributed by atoms with E-state index in [-0.39, 0.29) is 5.88 Å². The van der Waals surface area contributed by atoms with Gasteiger partial charge >= 0.3 is 6.36 Å². The van der Waals surface area contributed by atoms with E-state index >= 15 is 0 Å². The average molecular weight is 381 g/mol. The molecule has 94 valence electrons. The normalized spacial score (nSPS) is 11.2. The second kappa shape index (κ2) is 5.25. The van der Waals surface area contributed by atoms with Crippen LogP contribution in [0.5, 0.6) is 11.8 Å². The van der Waals surface area contributed by atoms with E-state index in [1.54, 1.807) is 22.6 Å². The first-order chi connectivity index (χ1) is 7.74. The molecule has 0 N–H and O–H groups in total. The summed E-state index contributed by atoms with van der Waals surface area (Å²) in [4.78, 5) is 14.4. The topological polar surface area (TPSA) is 48.4 Å². The van der Waals surface area contributed by atoms with Gasteiger partial charge in [0.25, 0.3) is 5.24 Å². The van der Waals surface area contributed by atoms with Crippen molar-refractivity contribution >= 4 is 39.4 Å². The second-order valence-corrected chi connectivity index (χ2v) is 4.16. The lowest BCUT2D eigenvalue weighted by Gasteiger charge is -2.12. The summed E-state index contributed by atoms with van der Waals surface area (Å²) in [5.74, 6) is -1.03. The summed E-state index contributed by atoms with van der Waals surface area (Å²) in [7, 11) is 1.23. The molecule has 0 aliphatic heterocycles. The highest BCUT2D eigenvalue weighted by molar-refractivity contribution is 14.1. The lowest BCUT2D eigenvalue weighted by molar-refractivity contribution is -0.276. The number of halogens is 5. The van der Waals surface area contributed by atoms with Crippen LogP contribution in [0.3, 0.4) is 0 Å². The molecule has 0 saturated carbocycles. The van der Waals surface area contributed by atoms with Gasteiger partial charge in [0.1, 0.15) is 0 Å². The molecule has 0 atom stereocenters. The molecule has 9 heteroatoms. The van der Waals surface area contributed by atoms with Gasteiger partial charge in [-0.05, 0) is 40.3 Å². The molecule has 1 heterocycles. The molecule has 1 rings (SSSR count). The number of hydrogen-bond acceptors (Lipinski definition) is 4. The predicted octanol–water partition coefficient (Wildman–Crippen LogP) is 2.97. The number of rotatable bonds is 3. The molecule has 0 radical (unpaired) electrons. The second-order valence-electron chi connectivity index (χ2n) is 2.65. The van der Waals surface area contributed by atoms with Gasteiger partial charge in [-0.1, -0.05) is 0 Å². The molecule has 0 unspecified atom stereocenters. The Morgan fingerprint density at radius 1 is 1.47 bits per heavy atom. The number of hydrogen-bond donors (Lipinski definition) is 0. The summed E-state index contributed by atoms with van der Waals surface area (Å²) < 4.78 is 44.8. The smallest absolute Gasteiger partial charge is 0.480 e. The molecule has 1 aromatic heterocycles. The van der Waals surface area contributed by atoms with Gasteiger partial charge in [-0.15, -0.1) is 13.2 Å². The molecule has 1 aromatic rings. The number of ether oxygens (including phenoxy) is 2. The molecule has 0 fully saturated rings. The van der Waals surface area contributed by atoms with Crippen molar-refractivity contribution in [3.63, 3.8) is 0 Å². The van der Waals surface area contributed by atoms with Gasteiger partial charge in [0.15, 0.2) is 0 Å². The van der Waals surface area contributed by atoms with Gasteiger partial charge in [-0.2, -0.15) is 4.98 Å². The van der Waals surface area contributed by atoms with Crippen molar-refractivity contribution in [2.45, 2.75) is 6.36 Å². The van der Waals surface area contributed by atoms with Crippen LogP contribution in [0, 0.1) is 3.57 Å². The third-order valence-electron chi connectivity index (χ3n) is 1.53. The Hall–Kier alpha value is -0.770. The fraction of sp³-hybridized carbons (Fsp3) is 0.250. The number of carbonyl (C=O) groups is 1. The monoisotopic (exact) mass is 381 g/mol. The van der Waals surface area contributed by atoms with Gasteiger partial charge in [-0.25, -0.2) is 0 Å². The summed E-state index contributed by atoms with van der Waals surface area (Å²) >= 11 is 6.87. The molecule has 17 heavy (non-hydrogen) atoms. The van der Waals surface area contributed by atoms with Crippen molar-refractivity contribution in [1.29, 1.82) is 0 Å². The van der Waals surface area contributed by atoms with E-state index in [1.165, 1.54) is 7.11 Å². The minimum absolute atomic E-state index is 0.0912. The predicted molar refractivity (Wildman–Crippen MR) is 60.4 cm³/mol. The van der Waals surface area contributed by atoms with E-state index in [0.29, 0.717) is 3.57 Å². The number of pyridine rings is 1. The van der Waals surface area contributed by atoms with Crippen molar-refractivity contribution in [3.05, 3.63) is 15.2 Å². The van der Waals surface area contributed by atoms with Crippen LogP contribution in [0.4, 0.5) is 13.2 Å². The zero-order valence-corrected chi connectivity index (χ0v) is 11.1. The van der Waals surface area contributed by atoms with Gasteiger partial charge < -0.3 is 9.47 Å². The van der Waals surface area contributed by atoms with Crippen LogP contribution in [-0.4, -0.2) is 23.7 Å². The van der Waals surface area contributed by atoms with Gasteiger partial charge in [-0.3, -0.25) is 4.79 Å². The van der Waals surface area contributed by atoms with E-state index in [1.807, 2.05) is 0 Å². The molecular weight excluding hydrogens is 377 g/mol. The lowest BCUT2D eigenvalue weighted by Crippen LogP contribution is -2.20. The summed E-state index contributed by atoms with van der Waals surface area (Å²) in [6, 6.07) is 1.10. The molecule has 0 aromatic carbocycles. The molecule has 0 saturated heterocycles. The highest BCUT2D eigenvalue weighted by Crippen LogP contribution is 2.30. The zero-order chi connectivity index (χ0) is 13.2. The maximum atomic E-state index is 12.1. The van der Waals surface area contributed by atoms with Gasteiger partial charge in [0.2, 0.25) is 11.8 Å². The van der Waals surface area contributed by atoms with E-state index in [9.17, 15) is 18.0 Å². The fourth-order valence-corrected chi connectivity index (χ4v) is 1.72. The first-order valence-corrected chi connectivity index (χ1v) is 5.40. The van der Waals surface area contributed by atoms with E-state index < -0.39 is 23.0 Å². The first-order valence-electron chi connectivity index (χ1n) is 3.94. The maximum absolute atomic E-state index is 12.1. The van der Waals surface area contributed by atoms with Crippen LogP contribution >= 0.6 is 34.2 Å². The molecule has 0 spiro atoms. The van der Waals surface area contributed by atoms with Crippen LogP contribution in [0.2, 0.25) is 0 Å². The highest BCUT2D eigenvalue weighted by atomic mass is 127. The summed E-state index contributed by atoms with van der Waals surface area (Å²) in [5.41, 5.74) is -0.478. The zero-order valence-electron chi connectivity index (χ0n) is 8.14. The molecule has 0 amide bonds. The van der Waals surface area contributed by atoms with Crippen LogP contribution in [-0.2, 0) is 0 Å². The Labute approximate surface area is 112 Å². The third kappa shape index (κ3) is 3.87. The van der Waals surface area contributed by atoms with Crippen molar-refractivity contribution in [2.75, 3.05) is 7.11 Å². The van der Waals surface area contributed by atoms with Crippen LogP contribution < -0.4 is 9.47 Å². The number of aromatic nitrogens is 1. The maximum Gasteiger partial charge on any atom is 0.574 e. The van der Waals surface area contributed by atoms with Crippen molar-refractivity contribution in [2.24, 2.45) is 0 Å². The minimum atomic E-state index is -4.97. The quantitative estimate of drug-likeness (QED) is 0.597. The fourth-order valence-electron chi connectivity index (χ4n) is 0.927. The molecular formula is C8H4ClF3INO3. The van der Waals surface area contributed by atoms with Crippen molar-refractivity contribution < 1.29 is 27.4 Å². The van der Waals surface area contributed by atoms with E-state index in [2.05, 4.69) is 9.72 Å². The number of carbonyl (C=O) groups excluding carboxylic acids is 1. The Bertz CT molecular complexity index is 452. The Kier molecular flexibility index (Phi) is 4.42. The number of alkyl halides is 3. The van der Waals surface area contributed by atoms with Crippen LogP contribution in [0.1, 0.15) is 10.4 Å². The number of nitrogens with zero attached hydrogens (tertiary/aromatic N) is 1. The SMILES string of the molecule is COc1nc(OC(F)(F)F)c(C(=O)Cl)cc1I. The first kappa shape index (κ1) is 14.3. The van der Waals surface area contributed by atoms with Gasteiger partial charge in [0, 0.05) is 0 Å². The van der Waals surface area contributed by atoms with Crippen LogP contribution in [0.15, 0.2) is 6.07 Å². The average Bonchev–Trinajstić information content (AvgIpc) is 2.17. The summed E-state index contributed by atoms with van der Waals surface area (Å²) in [6.07, 6.45) is -4.97. The summed E-state index contributed by atoms with van der Waals surface area (Å²) in [6.45, 7) is 0. The van der Waals surface area contributed by atoms with E-state index in [4.69, 9.17) is 16.3 Å². The molecule has 0 aliphatic rings. The summed E-state index contributed by atoms with van der Waals surface area (Å²) in [5, 5.41) is -1.10. The Morgan fingerprint density at radius 2 is 2.06 bits per heavy atom. The molecule has 0 bridgehead atoms. The Balaban J connectivity index is 3.29. The number of methoxy groups -OCH3 is 1. The molecule has 4 nitrogen and oxygen atoms in total.